The maximum atomic E-state index is 7.82. The molecule has 0 bridgehead atoms. The van der Waals surface area contributed by atoms with E-state index in [4.69, 9.17) is 33.6 Å². The summed E-state index contributed by atoms with van der Waals surface area (Å²) in [5, 5.41) is 19.6. The summed E-state index contributed by atoms with van der Waals surface area (Å²) in [6, 6.07) is 0. The lowest BCUT2D eigenvalue weighted by atomic mass is 10.8. The van der Waals surface area contributed by atoms with E-state index in [1.54, 1.807) is 0 Å². The molecule has 0 radical (unpaired) electrons. The highest BCUT2D eigenvalue weighted by Crippen LogP contribution is 1.93. The maximum Gasteiger partial charge on any atom is 0.208 e. The van der Waals surface area contributed by atoms with E-state index < -0.39 is 10.3 Å². The Hall–Kier alpha value is -0.480. The third-order valence-electron chi connectivity index (χ3n) is 0.346. The van der Waals surface area contributed by atoms with Gasteiger partial charge in [0, 0.05) is 0 Å². The minimum atomic E-state index is -0.450. The average Bonchev–Trinajstić information content (AvgIpc) is 1.84. The summed E-state index contributed by atoms with van der Waals surface area (Å²) >= 11 is 9.99. The van der Waals surface area contributed by atoms with Crippen molar-refractivity contribution in [3.05, 3.63) is 0 Å². The first-order valence-corrected chi connectivity index (χ1v) is 2.23. The van der Waals surface area contributed by atoms with E-state index in [-0.39, 0.29) is 0 Å². The van der Waals surface area contributed by atoms with E-state index >= 15 is 0 Å². The Labute approximate surface area is 55.0 Å². The molecule has 0 fully saturated rings. The molecule has 8 heavy (non-hydrogen) atoms. The monoisotopic (exact) mass is 156 g/mol. The molecule has 0 amide bonds. The van der Waals surface area contributed by atoms with E-state index in [2.05, 4.69) is 10.3 Å². The van der Waals surface area contributed by atoms with Gasteiger partial charge in [-0.1, -0.05) is 33.5 Å². The van der Waals surface area contributed by atoms with Gasteiger partial charge in [-0.2, -0.15) is 0 Å². The quantitative estimate of drug-likeness (QED) is 0.339. The average molecular weight is 157 g/mol. The van der Waals surface area contributed by atoms with Crippen molar-refractivity contribution in [2.24, 2.45) is 10.3 Å². The van der Waals surface area contributed by atoms with Crippen molar-refractivity contribution in [1.29, 1.82) is 0 Å². The number of halogens is 2. The van der Waals surface area contributed by atoms with Crippen molar-refractivity contribution < 1.29 is 10.4 Å². The van der Waals surface area contributed by atoms with Crippen LogP contribution in [0.25, 0.3) is 0 Å². The number of rotatable bonds is 1. The van der Waals surface area contributed by atoms with Crippen LogP contribution in [0.3, 0.4) is 0 Å². The van der Waals surface area contributed by atoms with E-state index in [0.29, 0.717) is 0 Å². The van der Waals surface area contributed by atoms with Gasteiger partial charge in [-0.15, -0.1) is 0 Å². The molecule has 0 rings (SSSR count). The van der Waals surface area contributed by atoms with Crippen LogP contribution in [0.15, 0.2) is 10.3 Å². The third-order valence-corrected chi connectivity index (χ3v) is 0.952. The van der Waals surface area contributed by atoms with E-state index in [1.165, 1.54) is 0 Å². The second kappa shape index (κ2) is 3.51. The standard InChI is InChI=1S/C2H2Cl2N2O2/c3-1(5-7)2(4)6-8/h7-8H. The van der Waals surface area contributed by atoms with Gasteiger partial charge in [0.2, 0.25) is 10.3 Å². The van der Waals surface area contributed by atoms with Crippen molar-refractivity contribution in [3.63, 3.8) is 0 Å². The van der Waals surface area contributed by atoms with Crippen molar-refractivity contribution in [2.75, 3.05) is 0 Å². The van der Waals surface area contributed by atoms with Gasteiger partial charge in [0.05, 0.1) is 0 Å². The van der Waals surface area contributed by atoms with Crippen LogP contribution in [0.5, 0.6) is 0 Å². The highest BCUT2D eigenvalue weighted by molar-refractivity contribution is 7.00. The van der Waals surface area contributed by atoms with Crippen LogP contribution < -0.4 is 0 Å². The van der Waals surface area contributed by atoms with Gasteiger partial charge in [-0.3, -0.25) is 0 Å². The summed E-state index contributed by atoms with van der Waals surface area (Å²) in [4.78, 5) is 0. The molecule has 0 spiro atoms. The van der Waals surface area contributed by atoms with Crippen LogP contribution in [0, 0.1) is 0 Å². The fourth-order valence-electron chi connectivity index (χ4n) is 0.0825. The van der Waals surface area contributed by atoms with Gasteiger partial charge in [0.15, 0.2) is 0 Å². The van der Waals surface area contributed by atoms with Gasteiger partial charge >= 0.3 is 0 Å². The van der Waals surface area contributed by atoms with Gasteiger partial charge in [-0.25, -0.2) is 0 Å². The Morgan fingerprint density at radius 1 is 1.00 bits per heavy atom. The first kappa shape index (κ1) is 7.52. The summed E-state index contributed by atoms with van der Waals surface area (Å²) in [5.41, 5.74) is 0. The number of hydrogen-bond acceptors (Lipinski definition) is 4. The predicted molar refractivity (Wildman–Crippen MR) is 30.1 cm³/mol. The number of oxime groups is 2. The molecule has 0 aliphatic rings. The van der Waals surface area contributed by atoms with Gasteiger partial charge in [0.1, 0.15) is 0 Å². The maximum absolute atomic E-state index is 7.82. The summed E-state index contributed by atoms with van der Waals surface area (Å²) < 4.78 is 0. The number of hydrogen-bond donors (Lipinski definition) is 2. The second-order valence-electron chi connectivity index (χ2n) is 0.782. The van der Waals surface area contributed by atoms with Crippen LogP contribution in [0.4, 0.5) is 0 Å². The molecule has 2 N–H and O–H groups in total. The molecule has 0 unspecified atom stereocenters. The SMILES string of the molecule is ON=C(Cl)C(Cl)=NO. The first-order chi connectivity index (χ1) is 3.72. The van der Waals surface area contributed by atoms with Gasteiger partial charge < -0.3 is 10.4 Å². The van der Waals surface area contributed by atoms with Crippen molar-refractivity contribution in [2.45, 2.75) is 0 Å². The Morgan fingerprint density at radius 2 is 1.25 bits per heavy atom. The largest absolute Gasteiger partial charge is 0.410 e. The topological polar surface area (TPSA) is 65.2 Å². The highest BCUT2D eigenvalue weighted by atomic mass is 35.5. The van der Waals surface area contributed by atoms with Crippen molar-refractivity contribution in [3.8, 4) is 0 Å². The molecule has 0 saturated carbocycles. The first-order valence-electron chi connectivity index (χ1n) is 1.48. The van der Waals surface area contributed by atoms with Gasteiger partial charge in [0.25, 0.3) is 0 Å². The normalized spacial score (nSPS) is 14.2. The molecular weight excluding hydrogens is 155 g/mol. The van der Waals surface area contributed by atoms with Crippen LogP contribution >= 0.6 is 23.2 Å². The van der Waals surface area contributed by atoms with Crippen molar-refractivity contribution in [1.82, 2.24) is 0 Å². The molecule has 4 nitrogen and oxygen atoms in total. The van der Waals surface area contributed by atoms with E-state index in [0.717, 1.165) is 0 Å². The minimum absolute atomic E-state index is 0.450. The molecule has 0 aliphatic heterocycles. The third kappa shape index (κ3) is 1.99. The fraction of sp³-hybridized carbons (Fsp3) is 0. The molecule has 0 aromatic rings. The lowest BCUT2D eigenvalue weighted by Crippen LogP contribution is -1.97. The second-order valence-corrected chi connectivity index (χ2v) is 1.50. The van der Waals surface area contributed by atoms with Crippen LogP contribution in [0.1, 0.15) is 0 Å². The van der Waals surface area contributed by atoms with Crippen LogP contribution in [0.2, 0.25) is 0 Å². The van der Waals surface area contributed by atoms with Crippen LogP contribution in [-0.4, -0.2) is 20.8 Å². The molecule has 0 saturated heterocycles. The van der Waals surface area contributed by atoms with Gasteiger partial charge in [-0.05, 0) is 0 Å². The molecule has 6 heteroatoms. The molecule has 0 aromatic carbocycles. The zero-order valence-corrected chi connectivity index (χ0v) is 5.06. The summed E-state index contributed by atoms with van der Waals surface area (Å²) in [6.45, 7) is 0. The smallest absolute Gasteiger partial charge is 0.208 e. The lowest BCUT2D eigenvalue weighted by molar-refractivity contribution is 0.316. The Morgan fingerprint density at radius 3 is 1.38 bits per heavy atom. The molecule has 0 aliphatic carbocycles. The molecule has 0 aromatic heterocycles. The zero-order chi connectivity index (χ0) is 6.57. The molecule has 0 atom stereocenters. The van der Waals surface area contributed by atoms with Crippen LogP contribution in [-0.2, 0) is 0 Å². The minimum Gasteiger partial charge on any atom is -0.410 e. The molecule has 0 heterocycles. The number of nitrogens with zero attached hydrogens (tertiary/aromatic N) is 2. The van der Waals surface area contributed by atoms with Crippen molar-refractivity contribution >= 4 is 33.5 Å². The Bertz CT molecular complexity index is 116. The van der Waals surface area contributed by atoms with E-state index in [1.807, 2.05) is 0 Å². The summed E-state index contributed by atoms with van der Waals surface area (Å²) in [7, 11) is 0. The zero-order valence-electron chi connectivity index (χ0n) is 3.54. The Kier molecular flexibility index (Phi) is 3.30. The highest BCUT2D eigenvalue weighted by Gasteiger charge is 2.00. The summed E-state index contributed by atoms with van der Waals surface area (Å²) in [6.07, 6.45) is 0. The lowest BCUT2D eigenvalue weighted by Gasteiger charge is -1.83. The summed E-state index contributed by atoms with van der Waals surface area (Å²) in [5.74, 6) is 0. The molecule has 46 valence electrons. The predicted octanol–water partition coefficient (Wildman–Crippen LogP) is 1.04. The Balaban J connectivity index is 4.04. The fourth-order valence-corrected chi connectivity index (χ4v) is 0.158. The molecular formula is C2H2Cl2N2O2. The van der Waals surface area contributed by atoms with E-state index in [9.17, 15) is 0 Å².